The van der Waals surface area contributed by atoms with Crippen molar-refractivity contribution in [1.82, 2.24) is 14.7 Å². The van der Waals surface area contributed by atoms with E-state index in [4.69, 9.17) is 4.74 Å². The molecule has 0 aromatic carbocycles. The lowest BCUT2D eigenvalue weighted by molar-refractivity contribution is -0.141. The van der Waals surface area contributed by atoms with Crippen LogP contribution in [-0.2, 0) is 9.53 Å². The number of aromatic carboxylic acids is 1. The number of hydrogen-bond acceptors (Lipinski definition) is 5. The molecule has 28 heavy (non-hydrogen) atoms. The quantitative estimate of drug-likeness (QED) is 0.452. The summed E-state index contributed by atoms with van der Waals surface area (Å²) >= 11 is 0. The Balaban J connectivity index is 2.31. The number of aromatic nitrogens is 2. The van der Waals surface area contributed by atoms with Crippen LogP contribution >= 0.6 is 0 Å². The van der Waals surface area contributed by atoms with Crippen LogP contribution in [0.2, 0.25) is 0 Å². The van der Waals surface area contributed by atoms with E-state index in [9.17, 15) is 14.7 Å². The van der Waals surface area contributed by atoms with Gasteiger partial charge in [-0.2, -0.15) is 0 Å². The Hall–Kier alpha value is -2.41. The Morgan fingerprint density at radius 3 is 2.75 bits per heavy atom. The number of carboxylic acids is 1. The monoisotopic (exact) mass is 389 g/mol. The van der Waals surface area contributed by atoms with Gasteiger partial charge in [-0.1, -0.05) is 13.8 Å². The number of nitrogens with one attached hydrogen (secondary N) is 1. The van der Waals surface area contributed by atoms with E-state index in [0.29, 0.717) is 23.6 Å². The fraction of sp³-hybridized carbons (Fsp3) is 0.571. The number of carboxylic acid groups (broad SMARTS) is 1. The van der Waals surface area contributed by atoms with Crippen LogP contribution in [0.15, 0.2) is 18.6 Å². The second-order valence-electron chi connectivity index (χ2n) is 7.20. The summed E-state index contributed by atoms with van der Waals surface area (Å²) in [6.45, 7) is 9.76. The molecule has 0 spiro atoms. The molecule has 0 amide bonds. The minimum absolute atomic E-state index is 0.152. The zero-order valence-corrected chi connectivity index (χ0v) is 17.2. The van der Waals surface area contributed by atoms with Crippen LogP contribution < -0.4 is 5.32 Å². The molecule has 0 saturated carbocycles. The number of rotatable bonds is 11. The minimum Gasteiger partial charge on any atom is -0.478 e. The largest absolute Gasteiger partial charge is 0.478 e. The highest BCUT2D eigenvalue weighted by Crippen LogP contribution is 2.35. The molecule has 154 valence electrons. The van der Waals surface area contributed by atoms with Crippen molar-refractivity contribution in [1.29, 1.82) is 0 Å². The highest BCUT2D eigenvalue weighted by atomic mass is 16.5. The molecule has 7 nitrogen and oxygen atoms in total. The highest BCUT2D eigenvalue weighted by Gasteiger charge is 2.27. The van der Waals surface area contributed by atoms with Crippen molar-refractivity contribution in [2.45, 2.75) is 52.9 Å². The Morgan fingerprint density at radius 1 is 1.36 bits per heavy atom. The number of fused-ring (bicyclic) bond motifs is 1. The van der Waals surface area contributed by atoms with Crippen LogP contribution in [0, 0.1) is 12.8 Å². The Bertz CT molecular complexity index is 815. The van der Waals surface area contributed by atoms with Gasteiger partial charge in [-0.25, -0.2) is 4.79 Å². The molecule has 2 unspecified atom stereocenters. The van der Waals surface area contributed by atoms with Gasteiger partial charge in [0.15, 0.2) is 0 Å². The maximum atomic E-state index is 11.8. The number of carbonyl (C=O) groups excluding carboxylic acids is 1. The third kappa shape index (κ3) is 5.10. The van der Waals surface area contributed by atoms with Crippen LogP contribution in [-0.4, -0.2) is 46.1 Å². The fourth-order valence-corrected chi connectivity index (χ4v) is 3.98. The average Bonchev–Trinajstić information content (AvgIpc) is 2.94. The Labute approximate surface area is 166 Å². The molecular formula is C21H31N3O4. The summed E-state index contributed by atoms with van der Waals surface area (Å²) in [4.78, 5) is 27.0. The molecule has 2 heterocycles. The summed E-state index contributed by atoms with van der Waals surface area (Å²) in [5.41, 5.74) is 2.75. The maximum absolute atomic E-state index is 11.8. The van der Waals surface area contributed by atoms with E-state index in [1.807, 2.05) is 17.5 Å². The van der Waals surface area contributed by atoms with Crippen LogP contribution in [0.3, 0.4) is 0 Å². The van der Waals surface area contributed by atoms with Crippen molar-refractivity contribution in [3.63, 3.8) is 0 Å². The van der Waals surface area contributed by atoms with Gasteiger partial charge in [-0.05, 0) is 56.7 Å². The summed E-state index contributed by atoms with van der Waals surface area (Å²) in [7, 11) is 0. The van der Waals surface area contributed by atoms with Crippen molar-refractivity contribution < 1.29 is 19.4 Å². The summed E-state index contributed by atoms with van der Waals surface area (Å²) in [6.07, 6.45) is 7.79. The molecule has 0 radical (unpaired) electrons. The van der Waals surface area contributed by atoms with E-state index < -0.39 is 5.97 Å². The van der Waals surface area contributed by atoms with Crippen molar-refractivity contribution >= 4 is 17.5 Å². The zero-order chi connectivity index (χ0) is 20.7. The predicted molar refractivity (Wildman–Crippen MR) is 108 cm³/mol. The van der Waals surface area contributed by atoms with Gasteiger partial charge in [0.2, 0.25) is 0 Å². The first-order valence-electron chi connectivity index (χ1n) is 9.90. The Morgan fingerprint density at radius 2 is 2.11 bits per heavy atom. The predicted octanol–water partition coefficient (Wildman–Crippen LogP) is 3.40. The smallest absolute Gasteiger partial charge is 0.338 e. The number of nitrogens with zero attached hydrogens (tertiary/aromatic N) is 2. The third-order valence-corrected chi connectivity index (χ3v) is 5.35. The molecule has 0 aliphatic carbocycles. The second kappa shape index (κ2) is 10.2. The van der Waals surface area contributed by atoms with E-state index in [1.165, 1.54) is 6.92 Å². The molecule has 0 aliphatic rings. The van der Waals surface area contributed by atoms with Gasteiger partial charge in [0.25, 0.3) is 0 Å². The standard InChI is InChI=1S/C21H31N3O4/c1-5-22-9-8-17(7-6-12-28-16(4)25)14(2)20-15(3)19(21(26)27)18-13-23-10-11-24(18)20/h10-11,13-14,17,22H,5-9,12H2,1-4H3,(H,26,27). The topological polar surface area (TPSA) is 92.9 Å². The van der Waals surface area contributed by atoms with E-state index in [2.05, 4.69) is 24.1 Å². The number of hydrogen-bond donors (Lipinski definition) is 2. The van der Waals surface area contributed by atoms with E-state index in [-0.39, 0.29) is 11.9 Å². The molecule has 2 atom stereocenters. The second-order valence-corrected chi connectivity index (χ2v) is 7.20. The van der Waals surface area contributed by atoms with Crippen molar-refractivity contribution in [3.8, 4) is 0 Å². The molecule has 7 heteroatoms. The fourth-order valence-electron chi connectivity index (χ4n) is 3.98. The first kappa shape index (κ1) is 21.9. The lowest BCUT2D eigenvalue weighted by atomic mass is 9.83. The van der Waals surface area contributed by atoms with Gasteiger partial charge >= 0.3 is 11.9 Å². The van der Waals surface area contributed by atoms with Gasteiger partial charge in [-0.15, -0.1) is 0 Å². The molecule has 0 bridgehead atoms. The lowest BCUT2D eigenvalue weighted by Gasteiger charge is -2.25. The van der Waals surface area contributed by atoms with Crippen LogP contribution in [0.4, 0.5) is 0 Å². The van der Waals surface area contributed by atoms with Crippen LogP contribution in [0.25, 0.3) is 5.52 Å². The normalized spacial score (nSPS) is 13.4. The first-order chi connectivity index (χ1) is 13.4. The summed E-state index contributed by atoms with van der Waals surface area (Å²) in [5.74, 6) is -0.704. The Kier molecular flexibility index (Phi) is 7.99. The number of ether oxygens (including phenoxy) is 1. The molecular weight excluding hydrogens is 358 g/mol. The number of esters is 1. The summed E-state index contributed by atoms with van der Waals surface area (Å²) in [5, 5.41) is 13.1. The number of carbonyl (C=O) groups is 2. The van der Waals surface area contributed by atoms with Gasteiger partial charge < -0.3 is 19.6 Å². The third-order valence-electron chi connectivity index (χ3n) is 5.35. The van der Waals surface area contributed by atoms with Crippen molar-refractivity contribution in [2.75, 3.05) is 19.7 Å². The maximum Gasteiger partial charge on any atom is 0.338 e. The highest BCUT2D eigenvalue weighted by molar-refractivity contribution is 5.98. The molecule has 2 N–H and O–H groups in total. The minimum atomic E-state index is -0.930. The van der Waals surface area contributed by atoms with Gasteiger partial charge in [0.05, 0.1) is 23.9 Å². The summed E-state index contributed by atoms with van der Waals surface area (Å²) in [6, 6.07) is 0. The van der Waals surface area contributed by atoms with Gasteiger partial charge in [-0.3, -0.25) is 9.78 Å². The molecule has 2 aromatic heterocycles. The average molecular weight is 389 g/mol. The summed E-state index contributed by atoms with van der Waals surface area (Å²) < 4.78 is 7.05. The lowest BCUT2D eigenvalue weighted by Crippen LogP contribution is -2.22. The van der Waals surface area contributed by atoms with E-state index in [1.54, 1.807) is 12.4 Å². The molecule has 2 aromatic rings. The molecule has 0 fully saturated rings. The SMILES string of the molecule is CCNCCC(CCCOC(C)=O)C(C)c1c(C)c(C(=O)O)c2cnccn12. The first-order valence-corrected chi connectivity index (χ1v) is 9.90. The molecule has 0 saturated heterocycles. The van der Waals surface area contributed by atoms with Crippen molar-refractivity contribution in [2.24, 2.45) is 5.92 Å². The molecule has 2 rings (SSSR count). The molecule has 0 aliphatic heterocycles. The van der Waals surface area contributed by atoms with Crippen molar-refractivity contribution in [3.05, 3.63) is 35.4 Å². The van der Waals surface area contributed by atoms with Crippen LogP contribution in [0.5, 0.6) is 0 Å². The van der Waals surface area contributed by atoms with Gasteiger partial charge in [0, 0.05) is 25.0 Å². The van der Waals surface area contributed by atoms with E-state index >= 15 is 0 Å². The van der Waals surface area contributed by atoms with Crippen LogP contribution in [0.1, 0.15) is 67.6 Å². The zero-order valence-electron chi connectivity index (χ0n) is 17.2. The van der Waals surface area contributed by atoms with E-state index in [0.717, 1.165) is 43.6 Å². The van der Waals surface area contributed by atoms with Gasteiger partial charge in [0.1, 0.15) is 0 Å².